The molecule has 0 fully saturated rings. The first-order chi connectivity index (χ1) is 12.3. The third-order valence-corrected chi connectivity index (χ3v) is 4.58. The van der Waals surface area contributed by atoms with Crippen LogP contribution in [0, 0.1) is 0 Å². The van der Waals surface area contributed by atoms with Gasteiger partial charge in [-0.25, -0.2) is 0 Å². The molecule has 3 heterocycles. The van der Waals surface area contributed by atoms with Crippen LogP contribution in [0.2, 0.25) is 0 Å². The van der Waals surface area contributed by atoms with E-state index in [0.29, 0.717) is 0 Å². The van der Waals surface area contributed by atoms with Crippen LogP contribution in [0.3, 0.4) is 0 Å². The number of pyridine rings is 2. The van der Waals surface area contributed by atoms with E-state index in [1.807, 2.05) is 43.0 Å². The lowest BCUT2D eigenvalue weighted by Gasteiger charge is -2.15. The van der Waals surface area contributed by atoms with Gasteiger partial charge in [0.15, 0.2) is 0 Å². The fourth-order valence-electron chi connectivity index (χ4n) is 3.19. The van der Waals surface area contributed by atoms with Gasteiger partial charge in [0, 0.05) is 47.4 Å². The minimum atomic E-state index is 0.0679. The van der Waals surface area contributed by atoms with Crippen LogP contribution in [-0.4, -0.2) is 27.9 Å². The Labute approximate surface area is 146 Å². The number of aromatic nitrogens is 2. The zero-order valence-corrected chi connectivity index (χ0v) is 13.8. The van der Waals surface area contributed by atoms with Crippen LogP contribution >= 0.6 is 0 Å². The topological polar surface area (TPSA) is 58.4 Å². The molecule has 0 saturated carbocycles. The van der Waals surface area contributed by atoms with Crippen LogP contribution in [-0.2, 0) is 13.0 Å². The monoisotopic (exact) mass is 329 g/mol. The van der Waals surface area contributed by atoms with Crippen LogP contribution in [0.25, 0.3) is 11.3 Å². The van der Waals surface area contributed by atoms with Crippen molar-refractivity contribution in [3.8, 4) is 11.3 Å². The summed E-state index contributed by atoms with van der Waals surface area (Å²) in [5.41, 5.74) is 6.43. The molecule has 1 aliphatic rings. The van der Waals surface area contributed by atoms with Gasteiger partial charge in [-0.1, -0.05) is 30.3 Å². The lowest BCUT2D eigenvalue weighted by Crippen LogP contribution is -2.08. The van der Waals surface area contributed by atoms with Crippen LogP contribution < -0.4 is 0 Å². The third-order valence-electron chi connectivity index (χ3n) is 4.58. The van der Waals surface area contributed by atoms with E-state index in [-0.39, 0.29) is 12.5 Å². The highest BCUT2D eigenvalue weighted by molar-refractivity contribution is 5.85. The van der Waals surface area contributed by atoms with Crippen molar-refractivity contribution in [3.05, 3.63) is 83.3 Å². The van der Waals surface area contributed by atoms with Gasteiger partial charge in [-0.2, -0.15) is 0 Å². The standard InChI is InChI=1S/C21H19N3O/c25-14-19(16-4-2-1-3-5-16)7-15-6-18(11-22-9-15)21-8-17-10-23-12-20(17)13-24-21/h1-6,8-11,13,19,25H,7,12,14H2/t19-/m0/s1. The minimum absolute atomic E-state index is 0.0679. The van der Waals surface area contributed by atoms with Gasteiger partial charge in [-0.15, -0.1) is 0 Å². The summed E-state index contributed by atoms with van der Waals surface area (Å²) in [5, 5.41) is 9.79. The van der Waals surface area contributed by atoms with Gasteiger partial charge in [-0.05, 0) is 29.7 Å². The Hall–Kier alpha value is -2.85. The van der Waals surface area contributed by atoms with Crippen LogP contribution in [0.5, 0.6) is 0 Å². The first-order valence-corrected chi connectivity index (χ1v) is 8.42. The molecular formula is C21H19N3O. The highest BCUT2D eigenvalue weighted by atomic mass is 16.3. The molecule has 0 spiro atoms. The number of benzene rings is 1. The summed E-state index contributed by atoms with van der Waals surface area (Å²) < 4.78 is 0. The number of fused-ring (bicyclic) bond motifs is 1. The average Bonchev–Trinajstić information content (AvgIpc) is 3.15. The summed E-state index contributed by atoms with van der Waals surface area (Å²) in [6, 6.07) is 14.3. The second-order valence-electron chi connectivity index (χ2n) is 6.31. The molecule has 1 atom stereocenters. The third kappa shape index (κ3) is 3.35. The van der Waals surface area contributed by atoms with Crippen molar-refractivity contribution >= 4 is 6.21 Å². The molecule has 1 N–H and O–H groups in total. The van der Waals surface area contributed by atoms with Gasteiger partial charge in [0.25, 0.3) is 0 Å². The van der Waals surface area contributed by atoms with Crippen molar-refractivity contribution in [2.75, 3.05) is 6.61 Å². The van der Waals surface area contributed by atoms with Crippen molar-refractivity contribution in [2.45, 2.75) is 18.9 Å². The first-order valence-electron chi connectivity index (χ1n) is 8.42. The van der Waals surface area contributed by atoms with Gasteiger partial charge in [0.1, 0.15) is 0 Å². The smallest absolute Gasteiger partial charge is 0.0724 e. The summed E-state index contributed by atoms with van der Waals surface area (Å²) in [7, 11) is 0. The van der Waals surface area contributed by atoms with E-state index >= 15 is 0 Å². The van der Waals surface area contributed by atoms with Gasteiger partial charge in [0.05, 0.1) is 18.8 Å². The van der Waals surface area contributed by atoms with Crippen LogP contribution in [0.4, 0.5) is 0 Å². The molecule has 3 aromatic rings. The maximum atomic E-state index is 9.79. The molecule has 0 aliphatic carbocycles. The fraction of sp³-hybridized carbons (Fsp3) is 0.190. The molecule has 1 aromatic carbocycles. The normalized spacial score (nSPS) is 13.6. The number of hydrogen-bond donors (Lipinski definition) is 1. The second-order valence-corrected chi connectivity index (χ2v) is 6.31. The second kappa shape index (κ2) is 6.95. The van der Waals surface area contributed by atoms with Crippen LogP contribution in [0.15, 0.2) is 66.0 Å². The lowest BCUT2D eigenvalue weighted by atomic mass is 9.93. The van der Waals surface area contributed by atoms with Crippen molar-refractivity contribution in [1.29, 1.82) is 0 Å². The van der Waals surface area contributed by atoms with Crippen molar-refractivity contribution in [1.82, 2.24) is 9.97 Å². The molecule has 2 aromatic heterocycles. The molecule has 0 saturated heterocycles. The zero-order valence-electron chi connectivity index (χ0n) is 13.8. The number of rotatable bonds is 5. The quantitative estimate of drug-likeness (QED) is 0.780. The molecule has 0 bridgehead atoms. The summed E-state index contributed by atoms with van der Waals surface area (Å²) in [4.78, 5) is 13.2. The highest BCUT2D eigenvalue weighted by Crippen LogP contribution is 2.25. The molecule has 124 valence electrons. The van der Waals surface area contributed by atoms with Crippen molar-refractivity contribution in [3.63, 3.8) is 0 Å². The molecule has 25 heavy (non-hydrogen) atoms. The van der Waals surface area contributed by atoms with Crippen molar-refractivity contribution in [2.24, 2.45) is 4.99 Å². The molecule has 4 rings (SSSR count). The first kappa shape index (κ1) is 15.7. The van der Waals surface area contributed by atoms with E-state index in [1.165, 1.54) is 0 Å². The van der Waals surface area contributed by atoms with Crippen molar-refractivity contribution < 1.29 is 5.11 Å². The van der Waals surface area contributed by atoms with Crippen LogP contribution in [0.1, 0.15) is 28.2 Å². The highest BCUT2D eigenvalue weighted by Gasteiger charge is 2.13. The molecule has 0 unspecified atom stereocenters. The molecule has 4 nitrogen and oxygen atoms in total. The van der Waals surface area contributed by atoms with E-state index in [9.17, 15) is 5.11 Å². The van der Waals surface area contributed by atoms with Gasteiger partial charge < -0.3 is 5.11 Å². The van der Waals surface area contributed by atoms with E-state index in [2.05, 4.69) is 39.2 Å². The van der Waals surface area contributed by atoms with E-state index in [4.69, 9.17) is 0 Å². The Morgan fingerprint density at radius 3 is 2.76 bits per heavy atom. The van der Waals surface area contributed by atoms with E-state index < -0.39 is 0 Å². The lowest BCUT2D eigenvalue weighted by molar-refractivity contribution is 0.264. The summed E-state index contributed by atoms with van der Waals surface area (Å²) in [6.45, 7) is 0.831. The molecule has 1 aliphatic heterocycles. The fourth-order valence-corrected chi connectivity index (χ4v) is 3.19. The summed E-state index contributed by atoms with van der Waals surface area (Å²) >= 11 is 0. The summed E-state index contributed by atoms with van der Waals surface area (Å²) in [5.74, 6) is 0.0679. The van der Waals surface area contributed by atoms with E-state index in [0.717, 1.165) is 46.5 Å². The molecule has 0 amide bonds. The number of nitrogens with zero attached hydrogens (tertiary/aromatic N) is 3. The maximum absolute atomic E-state index is 9.79. The number of aliphatic imine (C=N–C) groups is 1. The van der Waals surface area contributed by atoms with Gasteiger partial charge in [-0.3, -0.25) is 15.0 Å². The van der Waals surface area contributed by atoms with Gasteiger partial charge >= 0.3 is 0 Å². The Kier molecular flexibility index (Phi) is 4.36. The molecular weight excluding hydrogens is 310 g/mol. The average molecular weight is 329 g/mol. The molecule has 4 heteroatoms. The zero-order chi connectivity index (χ0) is 17.1. The molecule has 0 radical (unpaired) electrons. The predicted octanol–water partition coefficient (Wildman–Crippen LogP) is 3.39. The SMILES string of the molecule is OC[C@H](Cc1cncc(-c2cc3c(cn2)CN=C3)c1)c1ccccc1. The van der Waals surface area contributed by atoms with Gasteiger partial charge in [0.2, 0.25) is 0 Å². The number of aliphatic hydroxyl groups excluding tert-OH is 1. The number of hydrogen-bond acceptors (Lipinski definition) is 4. The Bertz CT molecular complexity index is 906. The largest absolute Gasteiger partial charge is 0.396 e. The minimum Gasteiger partial charge on any atom is -0.396 e. The number of aliphatic hydroxyl groups is 1. The predicted molar refractivity (Wildman–Crippen MR) is 98.7 cm³/mol. The van der Waals surface area contributed by atoms with E-state index in [1.54, 1.807) is 0 Å². The Balaban J connectivity index is 1.60. The maximum Gasteiger partial charge on any atom is 0.0724 e. The summed E-state index contributed by atoms with van der Waals surface area (Å²) in [6.07, 6.45) is 8.23. The Morgan fingerprint density at radius 1 is 1.04 bits per heavy atom. The Morgan fingerprint density at radius 2 is 1.92 bits per heavy atom.